The van der Waals surface area contributed by atoms with Crippen molar-refractivity contribution in [3.63, 3.8) is 0 Å². The van der Waals surface area contributed by atoms with E-state index in [0.29, 0.717) is 5.75 Å². The molecule has 0 aliphatic carbocycles. The number of hydrogen-bond acceptors (Lipinski definition) is 3. The van der Waals surface area contributed by atoms with E-state index in [1.54, 1.807) is 13.2 Å². The number of epoxide rings is 1. The molecule has 4 nitrogen and oxygen atoms in total. The van der Waals surface area contributed by atoms with Gasteiger partial charge >= 0.3 is 5.97 Å². The molecule has 2 rings (SSSR count). The van der Waals surface area contributed by atoms with Gasteiger partial charge in [0.1, 0.15) is 11.9 Å². The number of aliphatic carboxylic acids is 1. The molecule has 0 unspecified atom stereocenters. The number of carbonyl (C=O) groups is 1. The van der Waals surface area contributed by atoms with Gasteiger partial charge < -0.3 is 14.6 Å². The first-order valence-corrected chi connectivity index (χ1v) is 4.24. The maximum atomic E-state index is 10.5. The van der Waals surface area contributed by atoms with Crippen LogP contribution in [0.3, 0.4) is 0 Å². The van der Waals surface area contributed by atoms with E-state index in [4.69, 9.17) is 14.6 Å². The average molecular weight is 194 g/mol. The highest BCUT2D eigenvalue weighted by atomic mass is 16.6. The normalized spacial score (nSPS) is 24.4. The topological polar surface area (TPSA) is 59.1 Å². The SMILES string of the molecule is COc1cccc([C@@H]2O[C@H]2C(=O)O)c1. The van der Waals surface area contributed by atoms with Gasteiger partial charge in [-0.15, -0.1) is 0 Å². The summed E-state index contributed by atoms with van der Waals surface area (Å²) in [5.41, 5.74) is 0.844. The van der Waals surface area contributed by atoms with Crippen LogP contribution in [0.25, 0.3) is 0 Å². The molecule has 4 heteroatoms. The summed E-state index contributed by atoms with van der Waals surface area (Å²) in [6.45, 7) is 0. The predicted molar refractivity (Wildman–Crippen MR) is 48.2 cm³/mol. The van der Waals surface area contributed by atoms with Gasteiger partial charge in [-0.1, -0.05) is 12.1 Å². The fraction of sp³-hybridized carbons (Fsp3) is 0.300. The van der Waals surface area contributed by atoms with Crippen molar-refractivity contribution in [2.45, 2.75) is 12.2 Å². The van der Waals surface area contributed by atoms with Crippen molar-refractivity contribution >= 4 is 5.97 Å². The summed E-state index contributed by atoms with van der Waals surface area (Å²) < 4.78 is 10.0. The van der Waals surface area contributed by atoms with Crippen LogP contribution in [-0.4, -0.2) is 24.3 Å². The summed E-state index contributed by atoms with van der Waals surface area (Å²) in [4.78, 5) is 10.5. The minimum atomic E-state index is -0.919. The Hall–Kier alpha value is -1.55. The molecule has 1 heterocycles. The number of carboxylic acid groups (broad SMARTS) is 1. The predicted octanol–water partition coefficient (Wildman–Crippen LogP) is 1.22. The van der Waals surface area contributed by atoms with Crippen LogP contribution in [0.4, 0.5) is 0 Å². The van der Waals surface area contributed by atoms with E-state index in [1.807, 2.05) is 18.2 Å². The van der Waals surface area contributed by atoms with Crippen LogP contribution in [0, 0.1) is 0 Å². The summed E-state index contributed by atoms with van der Waals surface area (Å²) in [7, 11) is 1.57. The Bertz CT molecular complexity index is 361. The fourth-order valence-electron chi connectivity index (χ4n) is 1.37. The lowest BCUT2D eigenvalue weighted by molar-refractivity contribution is -0.138. The quantitative estimate of drug-likeness (QED) is 0.735. The molecular formula is C10H10O4. The number of ether oxygens (including phenoxy) is 2. The van der Waals surface area contributed by atoms with E-state index in [2.05, 4.69) is 0 Å². The first-order valence-electron chi connectivity index (χ1n) is 4.24. The molecule has 0 radical (unpaired) electrons. The van der Waals surface area contributed by atoms with Gasteiger partial charge in [0.25, 0.3) is 0 Å². The van der Waals surface area contributed by atoms with Crippen molar-refractivity contribution in [2.75, 3.05) is 7.11 Å². The highest BCUT2D eigenvalue weighted by molar-refractivity contribution is 5.76. The van der Waals surface area contributed by atoms with Crippen molar-refractivity contribution in [2.24, 2.45) is 0 Å². The van der Waals surface area contributed by atoms with Crippen LogP contribution in [0.15, 0.2) is 24.3 Å². The molecule has 1 aliphatic heterocycles. The molecule has 0 spiro atoms. The Kier molecular flexibility index (Phi) is 2.13. The number of carboxylic acids is 1. The molecule has 74 valence electrons. The third-order valence-electron chi connectivity index (χ3n) is 2.16. The molecule has 1 aliphatic rings. The zero-order valence-electron chi connectivity index (χ0n) is 7.64. The summed E-state index contributed by atoms with van der Waals surface area (Å²) in [6.07, 6.45) is -1.01. The second-order valence-corrected chi connectivity index (χ2v) is 3.09. The van der Waals surface area contributed by atoms with E-state index in [9.17, 15) is 4.79 Å². The zero-order chi connectivity index (χ0) is 10.1. The maximum absolute atomic E-state index is 10.5. The molecule has 0 saturated carbocycles. The summed E-state index contributed by atoms with van der Waals surface area (Å²) in [5.74, 6) is -0.208. The van der Waals surface area contributed by atoms with Gasteiger partial charge in [-0.25, -0.2) is 4.79 Å². The molecule has 0 aromatic heterocycles. The molecule has 0 amide bonds. The maximum Gasteiger partial charge on any atom is 0.335 e. The lowest BCUT2D eigenvalue weighted by Crippen LogP contribution is -2.04. The highest BCUT2D eigenvalue weighted by Gasteiger charge is 2.46. The molecule has 1 saturated heterocycles. The second-order valence-electron chi connectivity index (χ2n) is 3.09. The molecule has 2 atom stereocenters. The van der Waals surface area contributed by atoms with Gasteiger partial charge in [-0.2, -0.15) is 0 Å². The Balaban J connectivity index is 2.15. The van der Waals surface area contributed by atoms with E-state index >= 15 is 0 Å². The summed E-state index contributed by atoms with van der Waals surface area (Å²) in [5, 5.41) is 8.66. The minimum Gasteiger partial charge on any atom is -0.497 e. The second kappa shape index (κ2) is 3.31. The monoisotopic (exact) mass is 194 g/mol. The van der Waals surface area contributed by atoms with Crippen LogP contribution < -0.4 is 4.74 Å². The fourth-order valence-corrected chi connectivity index (χ4v) is 1.37. The van der Waals surface area contributed by atoms with Gasteiger partial charge in [0.15, 0.2) is 6.10 Å². The Morgan fingerprint density at radius 2 is 2.36 bits per heavy atom. The Morgan fingerprint density at radius 1 is 1.57 bits per heavy atom. The van der Waals surface area contributed by atoms with Crippen LogP contribution >= 0.6 is 0 Å². The molecule has 1 N–H and O–H groups in total. The highest BCUT2D eigenvalue weighted by Crippen LogP contribution is 2.39. The lowest BCUT2D eigenvalue weighted by Gasteiger charge is -2.00. The van der Waals surface area contributed by atoms with Gasteiger partial charge in [-0.05, 0) is 17.7 Å². The number of rotatable bonds is 3. The number of hydrogen-bond donors (Lipinski definition) is 1. The Morgan fingerprint density at radius 3 is 2.93 bits per heavy atom. The van der Waals surface area contributed by atoms with Crippen molar-refractivity contribution in [3.8, 4) is 5.75 Å². The molecule has 0 bridgehead atoms. The third-order valence-corrected chi connectivity index (χ3v) is 2.16. The van der Waals surface area contributed by atoms with Crippen molar-refractivity contribution in [3.05, 3.63) is 29.8 Å². The average Bonchev–Trinajstić information content (AvgIpc) is 2.97. The molecule has 1 aromatic rings. The van der Waals surface area contributed by atoms with Crippen molar-refractivity contribution in [1.29, 1.82) is 0 Å². The Labute approximate surface area is 81.1 Å². The van der Waals surface area contributed by atoms with E-state index < -0.39 is 12.1 Å². The molecule has 14 heavy (non-hydrogen) atoms. The minimum absolute atomic E-state index is 0.317. The molecular weight excluding hydrogens is 184 g/mol. The lowest BCUT2D eigenvalue weighted by atomic mass is 10.1. The van der Waals surface area contributed by atoms with Gasteiger partial charge in [0.05, 0.1) is 7.11 Å². The van der Waals surface area contributed by atoms with Crippen molar-refractivity contribution < 1.29 is 19.4 Å². The van der Waals surface area contributed by atoms with Crippen LogP contribution in [0.2, 0.25) is 0 Å². The summed E-state index contributed by atoms with van der Waals surface area (Å²) in [6, 6.07) is 7.24. The van der Waals surface area contributed by atoms with Crippen LogP contribution in [0.5, 0.6) is 5.75 Å². The van der Waals surface area contributed by atoms with Gasteiger partial charge in [0, 0.05) is 0 Å². The standard InChI is InChI=1S/C10H10O4/c1-13-7-4-2-3-6(5-7)8-9(14-8)10(11)12/h2-5,8-9H,1H3,(H,11,12)/t8-,9+/m0/s1. The van der Waals surface area contributed by atoms with E-state index in [0.717, 1.165) is 5.56 Å². The van der Waals surface area contributed by atoms with Crippen LogP contribution in [-0.2, 0) is 9.53 Å². The zero-order valence-corrected chi connectivity index (χ0v) is 7.64. The van der Waals surface area contributed by atoms with E-state index in [1.165, 1.54) is 0 Å². The smallest absolute Gasteiger partial charge is 0.335 e. The first kappa shape index (κ1) is 9.02. The van der Waals surface area contributed by atoms with Gasteiger partial charge in [0.2, 0.25) is 0 Å². The van der Waals surface area contributed by atoms with Crippen LogP contribution in [0.1, 0.15) is 11.7 Å². The van der Waals surface area contributed by atoms with Gasteiger partial charge in [-0.3, -0.25) is 0 Å². The number of benzene rings is 1. The molecule has 1 fully saturated rings. The molecule has 1 aromatic carbocycles. The van der Waals surface area contributed by atoms with E-state index in [-0.39, 0.29) is 6.10 Å². The van der Waals surface area contributed by atoms with Crippen molar-refractivity contribution in [1.82, 2.24) is 0 Å². The first-order chi connectivity index (χ1) is 6.72. The number of methoxy groups -OCH3 is 1. The third kappa shape index (κ3) is 1.56. The largest absolute Gasteiger partial charge is 0.497 e. The summed E-state index contributed by atoms with van der Waals surface area (Å²) >= 11 is 0.